The zero-order chi connectivity index (χ0) is 98.0. The van der Waals surface area contributed by atoms with Gasteiger partial charge in [-0.15, -0.1) is 0 Å². The van der Waals surface area contributed by atoms with E-state index in [9.17, 15) is 31.5 Å². The monoisotopic (exact) mass is 1170 g/mol. The largest absolute Gasteiger partial charge is 0.457 e. The molecule has 0 radical (unpaired) electrons. The van der Waals surface area contributed by atoms with E-state index < -0.39 is 300 Å². The molecule has 0 spiro atoms. The maximum absolute atomic E-state index is 10.9. The second kappa shape index (κ2) is 22.2. The SMILES string of the molecule is [2H]c1c([2H])c([2H])c(-c2cnc(-n3c4ccccc4c4ccc(Oc5cccc(Nc6ccccc6Nc6c(-c7c([2H])c([2H])c8c(c7[2H])C(C([2H])([2H])[2H])(C([2H])([2H])[2H])C([2H])([2H])C([2H])([2H])C8(C([2H])([2H])[2H])C([2H])([2H])[2H])cccc6-c6c([2H])c([2H])c([2H])c([Si](c7c([2H])c([2H])c([2H])c([2H])c7[2H])(c7c([2H])c([2H])c([2H])c([2H])c7[2H])c7c([2H])c([2H])c([2H])c([2H])c7[2H])c6[2H])c5)cc43)cc2C([2H])([2H])[2H])c([2H])c1[2H]. The van der Waals surface area contributed by atoms with E-state index in [4.69, 9.17) is 36.3 Å². The number of para-hydroxylation sites is 4. The van der Waals surface area contributed by atoms with Crippen molar-refractivity contribution in [2.45, 2.75) is 57.8 Å². The summed E-state index contributed by atoms with van der Waals surface area (Å²) in [7, 11) is -6.72. The highest BCUT2D eigenvalue weighted by Gasteiger charge is 2.42. The van der Waals surface area contributed by atoms with Gasteiger partial charge in [-0.3, -0.25) is 4.57 Å². The van der Waals surface area contributed by atoms with Crippen LogP contribution in [0.15, 0.2) is 285 Å². The predicted octanol–water partition coefficient (Wildman–Crippen LogP) is 18.5. The lowest BCUT2D eigenvalue weighted by molar-refractivity contribution is 0.332. The molecule has 0 saturated carbocycles. The average molecular weight is 1180 g/mol. The summed E-state index contributed by atoms with van der Waals surface area (Å²) in [6.45, 7) is -21.3. The first-order valence-corrected chi connectivity index (χ1v) is 28.1. The first-order valence-electron chi connectivity index (χ1n) is 49.1. The van der Waals surface area contributed by atoms with Crippen molar-refractivity contribution < 1.29 is 67.8 Å². The highest BCUT2D eigenvalue weighted by molar-refractivity contribution is 7.19. The third-order valence-electron chi connectivity index (χ3n) is 14.3. The van der Waals surface area contributed by atoms with Crippen LogP contribution in [0.5, 0.6) is 11.5 Å². The molecule has 86 heavy (non-hydrogen) atoms. The van der Waals surface area contributed by atoms with E-state index in [1.54, 1.807) is 47.0 Å². The first kappa shape index (κ1) is 23.4. The Morgan fingerprint density at radius 1 is 0.488 bits per heavy atom. The number of ether oxygens (including phenoxy) is 1. The molecule has 0 fully saturated rings. The molecule has 1 aliphatic carbocycles. The number of nitrogens with one attached hydrogen (secondary N) is 2. The van der Waals surface area contributed by atoms with E-state index >= 15 is 0 Å². The maximum atomic E-state index is 10.9. The van der Waals surface area contributed by atoms with Crippen molar-refractivity contribution in [3.05, 3.63) is 301 Å². The van der Waals surface area contributed by atoms with Crippen molar-refractivity contribution in [3.63, 3.8) is 0 Å². The van der Waals surface area contributed by atoms with Gasteiger partial charge >= 0.3 is 0 Å². The Balaban J connectivity index is 1.05. The smallest absolute Gasteiger partial charge is 0.179 e. The van der Waals surface area contributed by atoms with Crippen LogP contribution in [0.25, 0.3) is 61.0 Å². The van der Waals surface area contributed by atoms with Crippen molar-refractivity contribution in [2.24, 2.45) is 0 Å². The van der Waals surface area contributed by atoms with Crippen LogP contribution >= 0.6 is 0 Å². The van der Waals surface area contributed by atoms with E-state index in [1.165, 1.54) is 54.6 Å². The van der Waals surface area contributed by atoms with Crippen molar-refractivity contribution >= 4 is 73.4 Å². The van der Waals surface area contributed by atoms with Gasteiger partial charge in [-0.2, -0.15) is 0 Å². The van der Waals surface area contributed by atoms with Gasteiger partial charge in [0, 0.05) is 77.5 Å². The Morgan fingerprint density at radius 2 is 1.07 bits per heavy atom. The van der Waals surface area contributed by atoms with Crippen LogP contribution in [-0.4, -0.2) is 17.6 Å². The Labute approximate surface area is 571 Å². The molecule has 0 aliphatic heterocycles. The zero-order valence-electron chi connectivity index (χ0n) is 90.3. The second-order valence-electron chi connectivity index (χ2n) is 19.5. The highest BCUT2D eigenvalue weighted by atomic mass is 28.3. The number of anilines is 4. The minimum Gasteiger partial charge on any atom is -0.457 e. The molecule has 6 heteroatoms. The van der Waals surface area contributed by atoms with Crippen LogP contribution in [0.3, 0.4) is 0 Å². The van der Waals surface area contributed by atoms with Crippen molar-refractivity contribution in [2.75, 3.05) is 10.6 Å². The lowest BCUT2D eigenvalue weighted by Crippen LogP contribution is -2.74. The van der Waals surface area contributed by atoms with E-state index in [1.807, 2.05) is 0 Å². The third-order valence-corrected chi connectivity index (χ3v) is 18.3. The van der Waals surface area contributed by atoms with Crippen LogP contribution in [0.1, 0.15) is 120 Å². The molecule has 11 aromatic carbocycles. The summed E-state index contributed by atoms with van der Waals surface area (Å²) in [5, 5.41) is 2.34. The summed E-state index contributed by atoms with van der Waals surface area (Å²) in [5.74, 6) is 0.210. The van der Waals surface area contributed by atoms with Gasteiger partial charge in [0.1, 0.15) is 17.3 Å². The number of fused-ring (bicyclic) bond motifs is 4. The molecule has 5 nitrogen and oxygen atoms in total. The number of pyridine rings is 1. The minimum atomic E-state index is -6.72. The molecule has 418 valence electrons. The second-order valence-corrected chi connectivity index (χ2v) is 23.0. The van der Waals surface area contributed by atoms with Gasteiger partial charge in [0.2, 0.25) is 0 Å². The summed E-state index contributed by atoms with van der Waals surface area (Å²) < 4.78 is 435. The van der Waals surface area contributed by atoms with E-state index in [-0.39, 0.29) is 39.9 Å². The third kappa shape index (κ3) is 9.85. The standard InChI is InChI=1S/C80H68N4OSi/c1-55-49-77(81-54-70(55)56-25-10-6-11-26-56)84-75-42-21-18-37-68(75)69-45-44-61(53-76(69)84)85-60-29-23-28-59(52-60)82-73-40-19-20-41-74(73)83-78-66(38-24-39-67(78)58-43-46-71-72(51-58)80(4,5)48-47-79(71,2)3)57-27-22-36-65(50-57)86(62-30-12-7-13-31-62,63-32-14-8-15-33-63)64-34-16-9-17-35-64/h6-46,49-54,82-83H,47-48H2,1-5H3/i1D3,2D3,3D3,4D3,5D3,6D,7D,8D,9D,10D,11D,12D,13D,14D,15D,16D,17D,22D,25D,26D,27D,30D,31D,32D,33D,34D,35D,36D,43D,46D,47D2,48D2,50D,51D. The molecule has 0 unspecified atom stereocenters. The van der Waals surface area contributed by atoms with Gasteiger partial charge in [0.15, 0.2) is 8.07 Å². The molecule has 0 bridgehead atoms. The first-order chi connectivity index (χ1) is 61.0. The van der Waals surface area contributed by atoms with Gasteiger partial charge in [-0.1, -0.05) is 245 Å². The molecular formula is C80H68N4OSi. The fraction of sp³-hybridized carbons (Fsp3) is 0.113. The summed E-state index contributed by atoms with van der Waals surface area (Å²) in [5.41, 5.74) is -18.6. The Bertz CT molecular complexity index is 6800. The van der Waals surface area contributed by atoms with E-state index in [0.717, 1.165) is 24.4 Å². The molecule has 0 atom stereocenters. The summed E-state index contributed by atoms with van der Waals surface area (Å²) in [6, 6.07) is -6.78. The molecule has 1 aliphatic rings. The number of hydrogen-bond donors (Lipinski definition) is 2. The number of hydrogen-bond acceptors (Lipinski definition) is 4. The van der Waals surface area contributed by atoms with Crippen LogP contribution < -0.4 is 36.1 Å². The molecular weight excluding hydrogens is 1060 g/mol. The summed E-state index contributed by atoms with van der Waals surface area (Å²) >= 11 is 0. The van der Waals surface area contributed by atoms with Gasteiger partial charge in [-0.05, 0) is 133 Å². The van der Waals surface area contributed by atoms with E-state index in [0.29, 0.717) is 21.8 Å². The van der Waals surface area contributed by atoms with Crippen LogP contribution in [-0.2, 0) is 10.8 Å². The van der Waals surface area contributed by atoms with Gasteiger partial charge in [0.05, 0.1) is 65.1 Å². The minimum absolute atomic E-state index is 0.0112. The van der Waals surface area contributed by atoms with Crippen LogP contribution in [0, 0.1) is 6.85 Å². The molecule has 2 heterocycles. The summed E-state index contributed by atoms with van der Waals surface area (Å²) in [4.78, 5) is 4.64. The molecule has 0 saturated heterocycles. The van der Waals surface area contributed by atoms with Crippen molar-refractivity contribution in [1.82, 2.24) is 9.55 Å². The maximum Gasteiger partial charge on any atom is 0.179 e. The zero-order valence-corrected chi connectivity index (χ0v) is 45.3. The molecule has 2 N–H and O–H groups in total. The lowest BCUT2D eigenvalue weighted by Gasteiger charge is -2.42. The van der Waals surface area contributed by atoms with Crippen molar-refractivity contribution in [3.8, 4) is 50.7 Å². The molecule has 0 amide bonds. The van der Waals surface area contributed by atoms with E-state index in [2.05, 4.69) is 15.6 Å². The predicted molar refractivity (Wildman–Crippen MR) is 364 cm³/mol. The Morgan fingerprint density at radius 3 is 1.76 bits per heavy atom. The molecule has 13 aromatic rings. The Hall–Kier alpha value is -10.0. The Kier molecular flexibility index (Phi) is 6.05. The number of aryl methyl sites for hydroxylation is 1. The number of nitrogens with zero attached hydrogens (tertiary/aromatic N) is 2. The quantitative estimate of drug-likeness (QED) is 0.0842. The number of benzene rings is 11. The number of aromatic nitrogens is 2. The van der Waals surface area contributed by atoms with Crippen LogP contribution in [0.2, 0.25) is 0 Å². The fourth-order valence-corrected chi connectivity index (χ4v) is 14.0. The lowest BCUT2D eigenvalue weighted by atomic mass is 9.63. The molecule has 2 aromatic heterocycles. The summed E-state index contributed by atoms with van der Waals surface area (Å²) in [6.07, 6.45) is -8.58. The highest BCUT2D eigenvalue weighted by Crippen LogP contribution is 2.49. The molecule has 14 rings (SSSR count). The van der Waals surface area contributed by atoms with Crippen molar-refractivity contribution in [1.29, 1.82) is 0 Å². The normalized spacial score (nSPS) is 23.1. The number of rotatable bonds is 14. The topological polar surface area (TPSA) is 51.1 Å². The average Bonchev–Trinajstić information content (AvgIpc) is 0.653. The van der Waals surface area contributed by atoms with Gasteiger partial charge in [0.25, 0.3) is 0 Å². The van der Waals surface area contributed by atoms with Gasteiger partial charge in [-0.25, -0.2) is 4.98 Å². The van der Waals surface area contributed by atoms with Crippen LogP contribution in [0.4, 0.5) is 22.7 Å². The van der Waals surface area contributed by atoms with Gasteiger partial charge < -0.3 is 15.4 Å². The fourth-order valence-electron chi connectivity index (χ4n) is 10.4.